The minimum absolute atomic E-state index is 0.173. The molecule has 33 heavy (non-hydrogen) atoms. The Balaban J connectivity index is 2.96. The number of carboxylic acid groups (broad SMARTS) is 2. The van der Waals surface area contributed by atoms with E-state index in [4.69, 9.17) is 16.6 Å². The van der Waals surface area contributed by atoms with E-state index in [0.717, 1.165) is 0 Å². The largest absolute Gasteiger partial charge is 0.481 e. The summed E-state index contributed by atoms with van der Waals surface area (Å²) in [5.74, 6) is -4.88. The molecule has 186 valence electrons. The van der Waals surface area contributed by atoms with Crippen LogP contribution in [0.15, 0.2) is 0 Å². The zero-order valence-corrected chi connectivity index (χ0v) is 19.1. The fraction of sp³-hybridized carbons (Fsp3) is 0.684. The average Bonchev–Trinajstić information content (AvgIpc) is 3.22. The second-order valence-electron chi connectivity index (χ2n) is 7.64. The molecule has 0 radical (unpaired) electrons. The Hall–Kier alpha value is -2.87. The highest BCUT2D eigenvalue weighted by Crippen LogP contribution is 2.20. The van der Waals surface area contributed by atoms with Crippen molar-refractivity contribution in [3.8, 4) is 0 Å². The lowest BCUT2D eigenvalue weighted by Crippen LogP contribution is -2.57. The van der Waals surface area contributed by atoms with E-state index >= 15 is 0 Å². The van der Waals surface area contributed by atoms with Crippen molar-refractivity contribution in [2.45, 2.75) is 62.7 Å². The number of amides is 4. The van der Waals surface area contributed by atoms with Crippen molar-refractivity contribution in [2.24, 2.45) is 11.5 Å². The van der Waals surface area contributed by atoms with Gasteiger partial charge in [-0.15, -0.1) is 0 Å². The number of carboxylic acids is 2. The second-order valence-corrected chi connectivity index (χ2v) is 8.63. The first-order chi connectivity index (χ1) is 15.5. The standard InChI is InChI=1S/C19H31N5O8S/c1-33-8-6-12(19(31)32)23-17(29)13-3-2-7-24(13)18(30)11(4-5-15(26)27)22-16(28)10(20)9-14(21)25/h10-13H,2-9,20H2,1H3,(H2,21,25)(H,22,28)(H,23,29)(H,26,27)(H,31,32). The van der Waals surface area contributed by atoms with E-state index in [1.165, 1.54) is 16.7 Å². The van der Waals surface area contributed by atoms with Crippen LogP contribution < -0.4 is 22.1 Å². The predicted octanol–water partition coefficient (Wildman–Crippen LogP) is -2.15. The topological polar surface area (TPSA) is 222 Å². The second kappa shape index (κ2) is 13.6. The normalized spacial score (nSPS) is 18.1. The highest BCUT2D eigenvalue weighted by atomic mass is 32.2. The fourth-order valence-corrected chi connectivity index (χ4v) is 3.85. The van der Waals surface area contributed by atoms with Gasteiger partial charge in [0, 0.05) is 13.0 Å². The van der Waals surface area contributed by atoms with Crippen molar-refractivity contribution in [1.82, 2.24) is 15.5 Å². The quantitative estimate of drug-likeness (QED) is 0.155. The number of primary amides is 1. The number of hydrogen-bond donors (Lipinski definition) is 6. The molecular formula is C19H31N5O8S. The number of thioether (sulfide) groups is 1. The average molecular weight is 490 g/mol. The molecule has 1 aliphatic rings. The van der Waals surface area contributed by atoms with Gasteiger partial charge in [0.25, 0.3) is 0 Å². The first kappa shape index (κ1) is 28.2. The maximum absolute atomic E-state index is 13.1. The number of likely N-dealkylation sites (tertiary alicyclic amines) is 1. The molecule has 0 saturated carbocycles. The Labute approximate surface area is 195 Å². The maximum Gasteiger partial charge on any atom is 0.326 e. The summed E-state index contributed by atoms with van der Waals surface area (Å²) in [5.41, 5.74) is 10.6. The van der Waals surface area contributed by atoms with Crippen molar-refractivity contribution in [3.05, 3.63) is 0 Å². The van der Waals surface area contributed by atoms with Gasteiger partial charge >= 0.3 is 11.9 Å². The zero-order valence-electron chi connectivity index (χ0n) is 18.3. The molecule has 4 atom stereocenters. The van der Waals surface area contributed by atoms with Gasteiger partial charge in [-0.05, 0) is 37.7 Å². The van der Waals surface area contributed by atoms with Gasteiger partial charge < -0.3 is 37.2 Å². The van der Waals surface area contributed by atoms with Gasteiger partial charge in [-0.2, -0.15) is 11.8 Å². The maximum atomic E-state index is 13.1. The minimum Gasteiger partial charge on any atom is -0.481 e. The number of carbonyl (C=O) groups excluding carboxylic acids is 4. The van der Waals surface area contributed by atoms with Gasteiger partial charge in [0.05, 0.1) is 12.5 Å². The van der Waals surface area contributed by atoms with Crippen molar-refractivity contribution in [2.75, 3.05) is 18.6 Å². The molecule has 8 N–H and O–H groups in total. The molecular weight excluding hydrogens is 458 g/mol. The summed E-state index contributed by atoms with van der Waals surface area (Å²) in [4.78, 5) is 72.8. The number of hydrogen-bond acceptors (Lipinski definition) is 8. The highest BCUT2D eigenvalue weighted by Gasteiger charge is 2.39. The van der Waals surface area contributed by atoms with E-state index in [-0.39, 0.29) is 25.8 Å². The van der Waals surface area contributed by atoms with Gasteiger partial charge in [-0.1, -0.05) is 0 Å². The first-order valence-corrected chi connectivity index (χ1v) is 11.8. The molecule has 13 nitrogen and oxygen atoms in total. The monoisotopic (exact) mass is 489 g/mol. The highest BCUT2D eigenvalue weighted by molar-refractivity contribution is 7.98. The molecule has 0 aromatic carbocycles. The zero-order chi connectivity index (χ0) is 25.1. The lowest BCUT2D eigenvalue weighted by molar-refractivity contribution is -0.145. The van der Waals surface area contributed by atoms with Gasteiger partial charge in [0.15, 0.2) is 0 Å². The van der Waals surface area contributed by atoms with Gasteiger partial charge in [-0.3, -0.25) is 24.0 Å². The van der Waals surface area contributed by atoms with E-state index in [1.54, 1.807) is 6.26 Å². The molecule has 1 fully saturated rings. The van der Waals surface area contributed by atoms with E-state index in [9.17, 15) is 33.9 Å². The van der Waals surface area contributed by atoms with Gasteiger partial charge in [0.2, 0.25) is 23.6 Å². The summed E-state index contributed by atoms with van der Waals surface area (Å²) >= 11 is 1.43. The van der Waals surface area contributed by atoms with Gasteiger partial charge in [0.1, 0.15) is 18.1 Å². The predicted molar refractivity (Wildman–Crippen MR) is 118 cm³/mol. The molecule has 0 bridgehead atoms. The molecule has 1 heterocycles. The number of nitrogens with two attached hydrogens (primary N) is 2. The van der Waals surface area contributed by atoms with Crippen molar-refractivity contribution in [3.63, 3.8) is 0 Å². The molecule has 1 rings (SSSR count). The van der Waals surface area contributed by atoms with Crippen LogP contribution in [-0.2, 0) is 28.8 Å². The van der Waals surface area contributed by atoms with Crippen LogP contribution in [0.3, 0.4) is 0 Å². The Kier molecular flexibility index (Phi) is 11.6. The number of rotatable bonds is 14. The molecule has 1 saturated heterocycles. The number of nitrogens with one attached hydrogen (secondary N) is 2. The molecule has 4 amide bonds. The van der Waals surface area contributed by atoms with Crippen molar-refractivity contribution >= 4 is 47.3 Å². The van der Waals surface area contributed by atoms with Crippen molar-refractivity contribution < 1.29 is 39.0 Å². The molecule has 4 unspecified atom stereocenters. The Morgan fingerprint density at radius 3 is 2.30 bits per heavy atom. The van der Waals surface area contributed by atoms with E-state index in [2.05, 4.69) is 10.6 Å². The number of carbonyl (C=O) groups is 6. The third kappa shape index (κ3) is 9.26. The molecule has 0 spiro atoms. The summed E-state index contributed by atoms with van der Waals surface area (Å²) in [6.07, 6.45) is 1.59. The van der Waals surface area contributed by atoms with Crippen LogP contribution in [0.1, 0.15) is 38.5 Å². The van der Waals surface area contributed by atoms with E-state index in [1.807, 2.05) is 0 Å². The number of nitrogens with zero attached hydrogens (tertiary/aromatic N) is 1. The minimum atomic E-state index is -1.33. The molecule has 1 aliphatic heterocycles. The van der Waals surface area contributed by atoms with Crippen LogP contribution >= 0.6 is 11.8 Å². The summed E-state index contributed by atoms with van der Waals surface area (Å²) < 4.78 is 0. The summed E-state index contributed by atoms with van der Waals surface area (Å²) in [6.45, 7) is 0.173. The number of aliphatic carboxylic acids is 2. The van der Waals surface area contributed by atoms with Gasteiger partial charge in [-0.25, -0.2) is 4.79 Å². The van der Waals surface area contributed by atoms with Crippen LogP contribution in [0.25, 0.3) is 0 Å². The van der Waals surface area contributed by atoms with Crippen LogP contribution in [-0.4, -0.2) is 93.4 Å². The van der Waals surface area contributed by atoms with Crippen LogP contribution in [0.4, 0.5) is 0 Å². The Morgan fingerprint density at radius 2 is 1.76 bits per heavy atom. The van der Waals surface area contributed by atoms with Crippen molar-refractivity contribution in [1.29, 1.82) is 0 Å². The smallest absolute Gasteiger partial charge is 0.326 e. The SMILES string of the molecule is CSCCC(NC(=O)C1CCCN1C(=O)C(CCC(=O)O)NC(=O)C(N)CC(N)=O)C(=O)O. The molecule has 14 heteroatoms. The Morgan fingerprint density at radius 1 is 1.09 bits per heavy atom. The van der Waals surface area contributed by atoms with Crippen LogP contribution in [0, 0.1) is 0 Å². The third-order valence-electron chi connectivity index (χ3n) is 5.08. The summed E-state index contributed by atoms with van der Waals surface area (Å²) in [7, 11) is 0. The van der Waals surface area contributed by atoms with E-state index < -0.39 is 72.6 Å². The molecule has 0 aromatic heterocycles. The van der Waals surface area contributed by atoms with E-state index in [0.29, 0.717) is 12.2 Å². The first-order valence-electron chi connectivity index (χ1n) is 10.4. The lowest BCUT2D eigenvalue weighted by Gasteiger charge is -2.29. The fourth-order valence-electron chi connectivity index (χ4n) is 3.38. The lowest BCUT2D eigenvalue weighted by atomic mass is 10.1. The van der Waals surface area contributed by atoms with Crippen LogP contribution in [0.2, 0.25) is 0 Å². The third-order valence-corrected chi connectivity index (χ3v) is 5.73. The molecule has 0 aliphatic carbocycles. The van der Waals surface area contributed by atoms with Crippen LogP contribution in [0.5, 0.6) is 0 Å². The summed E-state index contributed by atoms with van der Waals surface area (Å²) in [5, 5.41) is 23.1. The summed E-state index contributed by atoms with van der Waals surface area (Å²) in [6, 6.07) is -4.70. The Bertz CT molecular complexity index is 764. The molecule has 0 aromatic rings.